The van der Waals surface area contributed by atoms with Gasteiger partial charge in [0.1, 0.15) is 5.82 Å². The summed E-state index contributed by atoms with van der Waals surface area (Å²) < 4.78 is 20.2. The molecule has 1 aliphatic carbocycles. The van der Waals surface area contributed by atoms with E-state index in [2.05, 4.69) is 5.32 Å². The largest absolute Gasteiger partial charge is 0.380 e. The SMILES string of the molecule is COCc1c(C(=O)NC2CCCCC2CN)sc2cccc(F)c12.Cl. The number of amides is 1. The molecule has 0 spiro atoms. The number of ether oxygens (including phenoxy) is 1. The molecule has 4 nitrogen and oxygen atoms in total. The molecule has 3 N–H and O–H groups in total. The van der Waals surface area contributed by atoms with Gasteiger partial charge >= 0.3 is 0 Å². The number of hydrogen-bond acceptors (Lipinski definition) is 4. The predicted octanol–water partition coefficient (Wildman–Crippen LogP) is 3.86. The van der Waals surface area contributed by atoms with Gasteiger partial charge in [0, 0.05) is 28.8 Å². The van der Waals surface area contributed by atoms with Crippen molar-refractivity contribution in [2.45, 2.75) is 38.3 Å². The minimum absolute atomic E-state index is 0. The van der Waals surface area contributed by atoms with Crippen LogP contribution in [0.15, 0.2) is 18.2 Å². The fraction of sp³-hybridized carbons (Fsp3) is 0.500. The topological polar surface area (TPSA) is 64.3 Å². The van der Waals surface area contributed by atoms with E-state index in [1.165, 1.54) is 17.4 Å². The normalized spacial score (nSPS) is 20.3. The van der Waals surface area contributed by atoms with Crippen LogP contribution in [0.4, 0.5) is 4.39 Å². The van der Waals surface area contributed by atoms with Gasteiger partial charge in [-0.25, -0.2) is 4.39 Å². The molecule has 7 heteroatoms. The molecule has 2 atom stereocenters. The number of carbonyl (C=O) groups excluding carboxylic acids is 1. The molecule has 2 aromatic rings. The van der Waals surface area contributed by atoms with Crippen molar-refractivity contribution in [3.8, 4) is 0 Å². The van der Waals surface area contributed by atoms with Gasteiger partial charge in [0.2, 0.25) is 0 Å². The molecule has 1 saturated carbocycles. The zero-order valence-corrected chi connectivity index (χ0v) is 15.9. The lowest BCUT2D eigenvalue weighted by Crippen LogP contribution is -2.44. The number of nitrogens with one attached hydrogen (secondary N) is 1. The van der Waals surface area contributed by atoms with Crippen LogP contribution in [0.2, 0.25) is 0 Å². The Morgan fingerprint density at radius 2 is 2.16 bits per heavy atom. The van der Waals surface area contributed by atoms with Gasteiger partial charge in [-0.15, -0.1) is 23.7 Å². The Balaban J connectivity index is 0.00000225. The number of thiophene rings is 1. The summed E-state index contributed by atoms with van der Waals surface area (Å²) in [5.41, 5.74) is 6.48. The van der Waals surface area contributed by atoms with E-state index in [1.54, 1.807) is 13.2 Å². The van der Waals surface area contributed by atoms with Crippen LogP contribution < -0.4 is 11.1 Å². The van der Waals surface area contributed by atoms with Crippen LogP contribution in [0, 0.1) is 11.7 Å². The molecule has 2 unspecified atom stereocenters. The van der Waals surface area contributed by atoms with Gasteiger partial charge in [0.15, 0.2) is 0 Å². The number of nitrogens with two attached hydrogens (primary N) is 1. The third-order valence-electron chi connectivity index (χ3n) is 4.79. The number of benzene rings is 1. The predicted molar refractivity (Wildman–Crippen MR) is 102 cm³/mol. The van der Waals surface area contributed by atoms with E-state index < -0.39 is 0 Å². The Labute approximate surface area is 157 Å². The van der Waals surface area contributed by atoms with E-state index in [1.807, 2.05) is 6.07 Å². The van der Waals surface area contributed by atoms with Crippen molar-refractivity contribution in [3.63, 3.8) is 0 Å². The Hall–Kier alpha value is -1.21. The van der Waals surface area contributed by atoms with Crippen LogP contribution in [0.3, 0.4) is 0 Å². The van der Waals surface area contributed by atoms with Crippen LogP contribution in [-0.4, -0.2) is 25.6 Å². The third kappa shape index (κ3) is 4.14. The van der Waals surface area contributed by atoms with E-state index in [0.717, 1.165) is 30.4 Å². The summed E-state index contributed by atoms with van der Waals surface area (Å²) in [6.07, 6.45) is 4.27. The zero-order valence-electron chi connectivity index (χ0n) is 14.2. The van der Waals surface area contributed by atoms with Crippen LogP contribution in [0.25, 0.3) is 10.1 Å². The maximum atomic E-state index is 14.2. The minimum atomic E-state index is -0.313. The van der Waals surface area contributed by atoms with Gasteiger partial charge in [-0.2, -0.15) is 0 Å². The molecule has 1 aliphatic rings. The summed E-state index contributed by atoms with van der Waals surface area (Å²) >= 11 is 1.32. The Kier molecular flexibility index (Phi) is 7.19. The molecule has 0 bridgehead atoms. The summed E-state index contributed by atoms with van der Waals surface area (Å²) in [6, 6.07) is 5.02. The lowest BCUT2D eigenvalue weighted by molar-refractivity contribution is 0.0908. The Morgan fingerprint density at radius 1 is 1.40 bits per heavy atom. The maximum Gasteiger partial charge on any atom is 0.261 e. The molecule has 1 heterocycles. The van der Waals surface area contributed by atoms with E-state index in [-0.39, 0.29) is 36.8 Å². The van der Waals surface area contributed by atoms with Gasteiger partial charge in [-0.1, -0.05) is 18.9 Å². The van der Waals surface area contributed by atoms with Crippen molar-refractivity contribution in [1.82, 2.24) is 5.32 Å². The number of fused-ring (bicyclic) bond motifs is 1. The molecule has 0 saturated heterocycles. The molecule has 0 radical (unpaired) electrons. The smallest absolute Gasteiger partial charge is 0.261 e. The van der Waals surface area contributed by atoms with Crippen molar-refractivity contribution in [3.05, 3.63) is 34.5 Å². The summed E-state index contributed by atoms with van der Waals surface area (Å²) in [7, 11) is 1.55. The second-order valence-corrected chi connectivity index (χ2v) is 7.37. The van der Waals surface area contributed by atoms with Gasteiger partial charge in [-0.05, 0) is 37.4 Å². The Morgan fingerprint density at radius 3 is 2.88 bits per heavy atom. The van der Waals surface area contributed by atoms with Gasteiger partial charge < -0.3 is 15.8 Å². The molecular formula is C18H24ClFN2O2S. The molecule has 3 rings (SSSR count). The highest BCUT2D eigenvalue weighted by molar-refractivity contribution is 7.21. The molecule has 1 aromatic heterocycles. The fourth-order valence-electron chi connectivity index (χ4n) is 3.55. The van der Waals surface area contributed by atoms with Crippen molar-refractivity contribution >= 4 is 39.7 Å². The number of carbonyl (C=O) groups is 1. The van der Waals surface area contributed by atoms with Crippen molar-refractivity contribution < 1.29 is 13.9 Å². The van der Waals surface area contributed by atoms with E-state index >= 15 is 0 Å². The standard InChI is InChI=1S/C18H23FN2O2S.ClH/c1-23-10-12-16-13(19)6-4-8-15(16)24-17(12)18(22)21-14-7-3-2-5-11(14)9-20;/h4,6,8,11,14H,2-3,5,7,9-10,20H2,1H3,(H,21,22);1H. The Bertz CT molecular complexity index is 737. The number of halogens is 2. The highest BCUT2D eigenvalue weighted by Crippen LogP contribution is 2.34. The number of rotatable bonds is 5. The first kappa shape index (κ1) is 20.1. The molecule has 25 heavy (non-hydrogen) atoms. The van der Waals surface area contributed by atoms with E-state index in [9.17, 15) is 9.18 Å². The first-order chi connectivity index (χ1) is 11.7. The van der Waals surface area contributed by atoms with Crippen molar-refractivity contribution in [1.29, 1.82) is 0 Å². The monoisotopic (exact) mass is 386 g/mol. The maximum absolute atomic E-state index is 14.2. The molecule has 0 aliphatic heterocycles. The average Bonchev–Trinajstić information content (AvgIpc) is 2.96. The van der Waals surface area contributed by atoms with Crippen LogP contribution >= 0.6 is 23.7 Å². The van der Waals surface area contributed by atoms with E-state index in [0.29, 0.717) is 28.3 Å². The third-order valence-corrected chi connectivity index (χ3v) is 5.98. The minimum Gasteiger partial charge on any atom is -0.380 e. The summed E-state index contributed by atoms with van der Waals surface area (Å²) in [4.78, 5) is 13.4. The highest BCUT2D eigenvalue weighted by Gasteiger charge is 2.28. The van der Waals surface area contributed by atoms with Gasteiger partial charge in [0.25, 0.3) is 5.91 Å². The quantitative estimate of drug-likeness (QED) is 0.820. The first-order valence-corrected chi connectivity index (χ1v) is 9.17. The first-order valence-electron chi connectivity index (χ1n) is 8.35. The second-order valence-electron chi connectivity index (χ2n) is 6.32. The summed E-state index contributed by atoms with van der Waals surface area (Å²) in [5, 5.41) is 3.62. The fourth-order valence-corrected chi connectivity index (χ4v) is 4.67. The molecule has 138 valence electrons. The number of hydrogen-bond donors (Lipinski definition) is 2. The van der Waals surface area contributed by atoms with Crippen molar-refractivity contribution in [2.24, 2.45) is 11.7 Å². The molecule has 1 amide bonds. The number of methoxy groups -OCH3 is 1. The molecular weight excluding hydrogens is 363 g/mol. The van der Waals surface area contributed by atoms with E-state index in [4.69, 9.17) is 10.5 Å². The van der Waals surface area contributed by atoms with Crippen molar-refractivity contribution in [2.75, 3.05) is 13.7 Å². The average molecular weight is 387 g/mol. The summed E-state index contributed by atoms with van der Waals surface area (Å²) in [6.45, 7) is 0.797. The van der Waals surface area contributed by atoms with Crippen LogP contribution in [-0.2, 0) is 11.3 Å². The highest BCUT2D eigenvalue weighted by atomic mass is 35.5. The van der Waals surface area contributed by atoms with Gasteiger partial charge in [0.05, 0.1) is 11.5 Å². The van der Waals surface area contributed by atoms with Crippen LogP contribution in [0.1, 0.15) is 40.9 Å². The lowest BCUT2D eigenvalue weighted by Gasteiger charge is -2.31. The molecule has 1 aromatic carbocycles. The second kappa shape index (κ2) is 8.94. The molecule has 1 fully saturated rings. The van der Waals surface area contributed by atoms with Crippen LogP contribution in [0.5, 0.6) is 0 Å². The lowest BCUT2D eigenvalue weighted by atomic mass is 9.84. The zero-order chi connectivity index (χ0) is 17.1. The van der Waals surface area contributed by atoms with Gasteiger partial charge in [-0.3, -0.25) is 4.79 Å². The summed E-state index contributed by atoms with van der Waals surface area (Å²) in [5.74, 6) is -0.139.